The van der Waals surface area contributed by atoms with E-state index in [1.54, 1.807) is 0 Å². The van der Waals surface area contributed by atoms with Crippen molar-refractivity contribution < 1.29 is 4.74 Å². The molecule has 0 bridgehead atoms. The standard InChI is InChI=1S/C16H20ClIN2O/c1-4-21-14-8-13(16(14,2)3)20-12-6-5-10(18)7-11(12)19-15(20)9-17/h5-7,13-14H,4,8-9H2,1-3H3. The lowest BCUT2D eigenvalue weighted by atomic mass is 9.64. The second kappa shape index (κ2) is 5.70. The molecule has 1 aliphatic carbocycles. The molecule has 1 aliphatic rings. The van der Waals surface area contributed by atoms with E-state index in [-0.39, 0.29) is 5.41 Å². The molecule has 2 atom stereocenters. The van der Waals surface area contributed by atoms with Crippen LogP contribution >= 0.6 is 34.2 Å². The van der Waals surface area contributed by atoms with Crippen LogP contribution < -0.4 is 0 Å². The molecule has 1 fully saturated rings. The van der Waals surface area contributed by atoms with Crippen molar-refractivity contribution in [2.24, 2.45) is 5.41 Å². The highest BCUT2D eigenvalue weighted by Crippen LogP contribution is 2.52. The summed E-state index contributed by atoms with van der Waals surface area (Å²) in [5.41, 5.74) is 2.32. The Morgan fingerprint density at radius 1 is 1.48 bits per heavy atom. The maximum Gasteiger partial charge on any atom is 0.125 e. The number of rotatable bonds is 4. The van der Waals surface area contributed by atoms with Crippen LogP contribution in [0.1, 0.15) is 39.1 Å². The van der Waals surface area contributed by atoms with Crippen molar-refractivity contribution >= 4 is 45.2 Å². The summed E-state index contributed by atoms with van der Waals surface area (Å²) in [6, 6.07) is 6.80. The molecule has 1 aromatic heterocycles. The first-order valence-electron chi connectivity index (χ1n) is 7.33. The van der Waals surface area contributed by atoms with Gasteiger partial charge in [-0.15, -0.1) is 11.6 Å². The maximum atomic E-state index is 6.14. The molecule has 21 heavy (non-hydrogen) atoms. The van der Waals surface area contributed by atoms with Gasteiger partial charge in [0.05, 0.1) is 23.0 Å². The number of benzene rings is 1. The number of hydrogen-bond donors (Lipinski definition) is 0. The predicted octanol–water partition coefficient (Wildman–Crippen LogP) is 4.76. The maximum absolute atomic E-state index is 6.14. The third-order valence-corrected chi connectivity index (χ3v) is 5.56. The zero-order valence-electron chi connectivity index (χ0n) is 12.6. The topological polar surface area (TPSA) is 27.1 Å². The molecule has 1 saturated carbocycles. The van der Waals surface area contributed by atoms with Crippen molar-refractivity contribution in [2.75, 3.05) is 6.61 Å². The molecule has 0 N–H and O–H groups in total. The van der Waals surface area contributed by atoms with E-state index in [0.29, 0.717) is 18.0 Å². The molecule has 0 saturated heterocycles. The normalized spacial score (nSPS) is 24.2. The Morgan fingerprint density at radius 3 is 2.86 bits per heavy atom. The molecular formula is C16H20ClIN2O. The molecule has 114 valence electrons. The van der Waals surface area contributed by atoms with Gasteiger partial charge in [0.2, 0.25) is 0 Å². The number of alkyl halides is 1. The van der Waals surface area contributed by atoms with E-state index < -0.39 is 0 Å². The second-order valence-corrected chi connectivity index (χ2v) is 7.69. The predicted molar refractivity (Wildman–Crippen MR) is 94.9 cm³/mol. The van der Waals surface area contributed by atoms with Crippen LogP contribution in [0.15, 0.2) is 18.2 Å². The van der Waals surface area contributed by atoms with Gasteiger partial charge in [0.1, 0.15) is 5.82 Å². The van der Waals surface area contributed by atoms with Crippen LogP contribution in [0.4, 0.5) is 0 Å². The van der Waals surface area contributed by atoms with Gasteiger partial charge in [-0.3, -0.25) is 0 Å². The number of halogens is 2. The van der Waals surface area contributed by atoms with Crippen molar-refractivity contribution in [3.63, 3.8) is 0 Å². The molecule has 0 spiro atoms. The molecule has 2 aromatic rings. The Bertz CT molecular complexity index is 668. The molecule has 2 unspecified atom stereocenters. The van der Waals surface area contributed by atoms with E-state index >= 15 is 0 Å². The summed E-state index contributed by atoms with van der Waals surface area (Å²) in [6.07, 6.45) is 1.35. The van der Waals surface area contributed by atoms with Crippen molar-refractivity contribution in [1.82, 2.24) is 9.55 Å². The van der Waals surface area contributed by atoms with E-state index in [1.807, 2.05) is 0 Å². The Morgan fingerprint density at radius 2 is 2.24 bits per heavy atom. The van der Waals surface area contributed by atoms with Crippen LogP contribution in [0.2, 0.25) is 0 Å². The first kappa shape index (κ1) is 15.6. The minimum Gasteiger partial charge on any atom is -0.378 e. The molecule has 5 heteroatoms. The van der Waals surface area contributed by atoms with Gasteiger partial charge >= 0.3 is 0 Å². The first-order chi connectivity index (χ1) is 9.98. The second-order valence-electron chi connectivity index (χ2n) is 6.18. The average Bonchev–Trinajstić information content (AvgIpc) is 2.80. The van der Waals surface area contributed by atoms with Crippen molar-refractivity contribution in [3.8, 4) is 0 Å². The Kier molecular flexibility index (Phi) is 4.23. The summed E-state index contributed by atoms with van der Waals surface area (Å²) in [7, 11) is 0. The number of hydrogen-bond acceptors (Lipinski definition) is 2. The van der Waals surface area contributed by atoms with Gasteiger partial charge in [-0.1, -0.05) is 13.8 Å². The number of fused-ring (bicyclic) bond motifs is 1. The summed E-state index contributed by atoms with van der Waals surface area (Å²) < 4.78 is 9.39. The quantitative estimate of drug-likeness (QED) is 0.529. The molecule has 3 nitrogen and oxygen atoms in total. The van der Waals surface area contributed by atoms with E-state index in [2.05, 4.69) is 66.1 Å². The lowest BCUT2D eigenvalue weighted by molar-refractivity contribution is -0.127. The van der Waals surface area contributed by atoms with Crippen molar-refractivity contribution in [2.45, 2.75) is 45.2 Å². The van der Waals surface area contributed by atoms with E-state index in [4.69, 9.17) is 21.3 Å². The highest BCUT2D eigenvalue weighted by Gasteiger charge is 2.50. The van der Waals surface area contributed by atoms with Gasteiger partial charge in [-0.2, -0.15) is 0 Å². The molecule has 1 aromatic carbocycles. The summed E-state index contributed by atoms with van der Waals surface area (Å²) in [5.74, 6) is 1.40. The fourth-order valence-electron chi connectivity index (χ4n) is 3.35. The Hall–Kier alpha value is -0.330. The Labute approximate surface area is 144 Å². The SMILES string of the molecule is CCOC1CC(n2c(CCl)nc3cc(I)ccc32)C1(C)C. The molecule has 0 amide bonds. The highest BCUT2D eigenvalue weighted by atomic mass is 127. The molecule has 0 aliphatic heterocycles. The molecule has 1 heterocycles. The zero-order chi connectivity index (χ0) is 15.2. The van der Waals surface area contributed by atoms with Gasteiger partial charge in [0.25, 0.3) is 0 Å². The summed E-state index contributed by atoms with van der Waals surface area (Å²) >= 11 is 8.46. The van der Waals surface area contributed by atoms with E-state index in [1.165, 1.54) is 9.09 Å². The van der Waals surface area contributed by atoms with Gasteiger partial charge < -0.3 is 9.30 Å². The number of aromatic nitrogens is 2. The van der Waals surface area contributed by atoms with Crippen LogP contribution in [0.3, 0.4) is 0 Å². The van der Waals surface area contributed by atoms with Crippen LogP contribution in [0.25, 0.3) is 11.0 Å². The van der Waals surface area contributed by atoms with Gasteiger partial charge in [-0.25, -0.2) is 4.98 Å². The van der Waals surface area contributed by atoms with Crippen LogP contribution in [-0.2, 0) is 10.6 Å². The Balaban J connectivity index is 2.05. The molecular weight excluding hydrogens is 399 g/mol. The smallest absolute Gasteiger partial charge is 0.125 e. The third-order valence-electron chi connectivity index (χ3n) is 4.65. The molecule has 0 radical (unpaired) electrons. The zero-order valence-corrected chi connectivity index (χ0v) is 15.5. The van der Waals surface area contributed by atoms with Gasteiger partial charge in [0.15, 0.2) is 0 Å². The summed E-state index contributed by atoms with van der Waals surface area (Å²) in [6.45, 7) is 7.38. The first-order valence-corrected chi connectivity index (χ1v) is 8.94. The van der Waals surface area contributed by atoms with Gasteiger partial charge in [0, 0.05) is 21.6 Å². The number of imidazole rings is 1. The minimum atomic E-state index is 0.105. The van der Waals surface area contributed by atoms with E-state index in [9.17, 15) is 0 Å². The summed E-state index contributed by atoms with van der Waals surface area (Å²) in [5, 5.41) is 0. The van der Waals surface area contributed by atoms with Crippen LogP contribution in [-0.4, -0.2) is 22.3 Å². The average molecular weight is 419 g/mol. The monoisotopic (exact) mass is 418 g/mol. The fraction of sp³-hybridized carbons (Fsp3) is 0.562. The van der Waals surface area contributed by atoms with Crippen LogP contribution in [0.5, 0.6) is 0 Å². The largest absolute Gasteiger partial charge is 0.378 e. The number of ether oxygens (including phenoxy) is 1. The van der Waals surface area contributed by atoms with Crippen molar-refractivity contribution in [3.05, 3.63) is 27.6 Å². The summed E-state index contributed by atoms with van der Waals surface area (Å²) in [4.78, 5) is 4.72. The minimum absolute atomic E-state index is 0.105. The fourth-order valence-corrected chi connectivity index (χ4v) is 4.01. The lowest BCUT2D eigenvalue weighted by Crippen LogP contribution is -2.51. The molecule has 3 rings (SSSR count). The van der Waals surface area contributed by atoms with Crippen LogP contribution in [0, 0.1) is 8.99 Å². The highest BCUT2D eigenvalue weighted by molar-refractivity contribution is 14.1. The number of nitrogens with zero attached hydrogens (tertiary/aromatic N) is 2. The van der Waals surface area contributed by atoms with E-state index in [0.717, 1.165) is 24.4 Å². The van der Waals surface area contributed by atoms with Gasteiger partial charge in [-0.05, 0) is 54.1 Å². The third kappa shape index (κ3) is 2.49. The lowest BCUT2D eigenvalue weighted by Gasteiger charge is -2.52. The van der Waals surface area contributed by atoms with Crippen molar-refractivity contribution in [1.29, 1.82) is 0 Å².